The van der Waals surface area contributed by atoms with Crippen molar-refractivity contribution in [3.8, 4) is 11.6 Å². The minimum absolute atomic E-state index is 0.0395. The first-order chi connectivity index (χ1) is 15.5. The number of hydrogen-bond donors (Lipinski definition) is 1. The molecule has 0 saturated heterocycles. The Morgan fingerprint density at radius 3 is 2.56 bits per heavy atom. The van der Waals surface area contributed by atoms with Crippen LogP contribution in [0.3, 0.4) is 0 Å². The van der Waals surface area contributed by atoms with Crippen molar-refractivity contribution in [1.29, 1.82) is 0 Å². The van der Waals surface area contributed by atoms with E-state index in [2.05, 4.69) is 10.2 Å². The summed E-state index contributed by atoms with van der Waals surface area (Å²) in [6.45, 7) is -0.116. The van der Waals surface area contributed by atoms with Crippen LogP contribution in [0, 0.1) is 10.1 Å². The Morgan fingerprint density at radius 1 is 1.03 bits per heavy atom. The maximum absolute atomic E-state index is 12.1. The second kappa shape index (κ2) is 9.09. The summed E-state index contributed by atoms with van der Waals surface area (Å²) in [6, 6.07) is 22.1. The molecule has 4 rings (SSSR count). The topological polar surface area (TPSA) is 119 Å². The van der Waals surface area contributed by atoms with E-state index in [1.54, 1.807) is 65.2 Å². The molecule has 0 aliphatic heterocycles. The molecule has 160 valence electrons. The first-order valence-corrected chi connectivity index (χ1v) is 9.69. The van der Waals surface area contributed by atoms with Crippen LogP contribution in [-0.2, 0) is 11.3 Å². The number of benzene rings is 3. The van der Waals surface area contributed by atoms with E-state index < -0.39 is 10.8 Å². The van der Waals surface area contributed by atoms with Gasteiger partial charge in [-0.1, -0.05) is 48.5 Å². The molecule has 0 unspecified atom stereocenters. The van der Waals surface area contributed by atoms with Gasteiger partial charge in [0.2, 0.25) is 5.88 Å². The van der Waals surface area contributed by atoms with Crippen molar-refractivity contribution in [3.63, 3.8) is 0 Å². The zero-order valence-corrected chi connectivity index (χ0v) is 16.8. The predicted octanol–water partition coefficient (Wildman–Crippen LogP) is 4.99. The molecule has 1 N–H and O–H groups in total. The molecule has 0 aliphatic carbocycles. The van der Waals surface area contributed by atoms with Gasteiger partial charge in [0.05, 0.1) is 17.0 Å². The number of fused-ring (bicyclic) bond motifs is 1. The van der Waals surface area contributed by atoms with Gasteiger partial charge in [0.1, 0.15) is 5.75 Å². The van der Waals surface area contributed by atoms with E-state index in [-0.39, 0.29) is 30.4 Å². The Balaban J connectivity index is 1.59. The lowest BCUT2D eigenvalue weighted by Crippen LogP contribution is -2.07. The lowest BCUT2D eigenvalue weighted by molar-refractivity contribution is -0.384. The molecule has 1 aromatic heterocycles. The Labute approximate surface area is 182 Å². The van der Waals surface area contributed by atoms with Crippen LogP contribution in [0.5, 0.6) is 11.6 Å². The molecule has 0 radical (unpaired) electrons. The van der Waals surface area contributed by atoms with Gasteiger partial charge in [-0.05, 0) is 23.8 Å². The van der Waals surface area contributed by atoms with Crippen LogP contribution >= 0.6 is 0 Å². The third-order valence-corrected chi connectivity index (χ3v) is 4.75. The van der Waals surface area contributed by atoms with Gasteiger partial charge in [-0.15, -0.1) is 10.2 Å². The van der Waals surface area contributed by atoms with Crippen LogP contribution in [-0.4, -0.2) is 27.1 Å². The maximum Gasteiger partial charge on any atom is 0.302 e. The summed E-state index contributed by atoms with van der Waals surface area (Å²) in [5, 5.41) is 30.1. The second-order valence-corrected chi connectivity index (χ2v) is 6.90. The minimum atomic E-state index is -0.608. The largest absolute Gasteiger partial charge is 0.493 e. The van der Waals surface area contributed by atoms with E-state index in [9.17, 15) is 20.0 Å². The SMILES string of the molecule is O=C(COc1ccccc1)N=Nc1c(O)n(Cc2cccc([N+](=O)[O-])c2)c2ccccc12. The van der Waals surface area contributed by atoms with E-state index in [0.717, 1.165) is 0 Å². The van der Waals surface area contributed by atoms with Gasteiger partial charge < -0.3 is 14.4 Å². The highest BCUT2D eigenvalue weighted by atomic mass is 16.6. The van der Waals surface area contributed by atoms with E-state index in [4.69, 9.17) is 4.74 Å². The molecule has 0 aliphatic rings. The van der Waals surface area contributed by atoms with Crippen LogP contribution in [0.15, 0.2) is 89.1 Å². The summed E-state index contributed by atoms with van der Waals surface area (Å²) in [5.41, 5.74) is 1.38. The number of non-ortho nitro benzene ring substituents is 1. The Kier molecular flexibility index (Phi) is 5.89. The quantitative estimate of drug-likeness (QED) is 0.252. The van der Waals surface area contributed by atoms with Gasteiger partial charge in [0.25, 0.3) is 5.69 Å². The number of amides is 1. The van der Waals surface area contributed by atoms with Crippen LogP contribution in [0.2, 0.25) is 0 Å². The number of nitro benzene ring substituents is 1. The Hall–Kier alpha value is -4.53. The molecule has 9 heteroatoms. The highest BCUT2D eigenvalue weighted by molar-refractivity contribution is 5.95. The lowest BCUT2D eigenvalue weighted by atomic mass is 10.2. The summed E-state index contributed by atoms with van der Waals surface area (Å²) >= 11 is 0. The standard InChI is InChI=1S/C23H18N4O5/c28-21(15-32-18-9-2-1-3-10-18)24-25-22-19-11-4-5-12-20(19)26(23(22)29)14-16-7-6-8-17(13-16)27(30)31/h1-13,29H,14-15H2. The summed E-state index contributed by atoms with van der Waals surface area (Å²) < 4.78 is 6.93. The third-order valence-electron chi connectivity index (χ3n) is 4.75. The summed E-state index contributed by atoms with van der Waals surface area (Å²) in [6.07, 6.45) is 0. The third kappa shape index (κ3) is 4.46. The molecule has 32 heavy (non-hydrogen) atoms. The molecule has 1 amide bonds. The second-order valence-electron chi connectivity index (χ2n) is 6.90. The highest BCUT2D eigenvalue weighted by Crippen LogP contribution is 2.39. The molecule has 3 aromatic carbocycles. The van der Waals surface area contributed by atoms with Gasteiger partial charge in [0, 0.05) is 17.5 Å². The molecular weight excluding hydrogens is 412 g/mol. The van der Waals surface area contributed by atoms with Gasteiger partial charge in [0.15, 0.2) is 12.3 Å². The number of nitro groups is 1. The van der Waals surface area contributed by atoms with E-state index in [0.29, 0.717) is 22.2 Å². The highest BCUT2D eigenvalue weighted by Gasteiger charge is 2.18. The van der Waals surface area contributed by atoms with Crippen LogP contribution in [0.4, 0.5) is 11.4 Å². The molecule has 4 aromatic rings. The molecule has 0 fully saturated rings. The van der Waals surface area contributed by atoms with E-state index >= 15 is 0 Å². The average molecular weight is 430 g/mol. The number of nitrogens with zero attached hydrogens (tertiary/aromatic N) is 4. The number of hydrogen-bond acceptors (Lipinski definition) is 6. The first-order valence-electron chi connectivity index (χ1n) is 9.69. The number of aromatic nitrogens is 1. The number of rotatable bonds is 7. The van der Waals surface area contributed by atoms with Crippen LogP contribution in [0.25, 0.3) is 10.9 Å². The summed E-state index contributed by atoms with van der Waals surface area (Å²) in [4.78, 5) is 22.7. The van der Waals surface area contributed by atoms with Gasteiger partial charge in [-0.2, -0.15) is 0 Å². The number of carbonyl (C=O) groups is 1. The number of aromatic hydroxyl groups is 1. The number of para-hydroxylation sites is 2. The van der Waals surface area contributed by atoms with Crippen molar-refractivity contribution >= 4 is 28.2 Å². The predicted molar refractivity (Wildman–Crippen MR) is 117 cm³/mol. The molecule has 0 spiro atoms. The molecule has 0 bridgehead atoms. The smallest absolute Gasteiger partial charge is 0.302 e. The zero-order valence-electron chi connectivity index (χ0n) is 16.8. The zero-order chi connectivity index (χ0) is 22.5. The normalized spacial score (nSPS) is 11.1. The summed E-state index contributed by atoms with van der Waals surface area (Å²) in [5.74, 6) is -0.269. The molecule has 0 saturated carbocycles. The maximum atomic E-state index is 12.1. The number of ether oxygens (including phenoxy) is 1. The Bertz CT molecular complexity index is 1310. The van der Waals surface area contributed by atoms with Gasteiger partial charge >= 0.3 is 5.91 Å². The van der Waals surface area contributed by atoms with Crippen LogP contribution < -0.4 is 4.74 Å². The van der Waals surface area contributed by atoms with Crippen molar-refractivity contribution in [1.82, 2.24) is 4.57 Å². The number of carbonyl (C=O) groups excluding carboxylic acids is 1. The minimum Gasteiger partial charge on any atom is -0.493 e. The van der Waals surface area contributed by atoms with Crippen molar-refractivity contribution in [2.24, 2.45) is 10.2 Å². The monoisotopic (exact) mass is 430 g/mol. The molecular formula is C23H18N4O5. The average Bonchev–Trinajstić information content (AvgIpc) is 3.08. The molecule has 0 atom stereocenters. The van der Waals surface area contributed by atoms with Crippen molar-refractivity contribution < 1.29 is 19.6 Å². The number of azo groups is 1. The van der Waals surface area contributed by atoms with Crippen LogP contribution in [0.1, 0.15) is 5.56 Å². The summed E-state index contributed by atoms with van der Waals surface area (Å²) in [7, 11) is 0. The van der Waals surface area contributed by atoms with Crippen molar-refractivity contribution in [2.75, 3.05) is 6.61 Å². The fourth-order valence-electron chi connectivity index (χ4n) is 3.28. The van der Waals surface area contributed by atoms with Gasteiger partial charge in [-0.25, -0.2) is 0 Å². The van der Waals surface area contributed by atoms with E-state index in [1.807, 2.05) is 6.07 Å². The lowest BCUT2D eigenvalue weighted by Gasteiger charge is -2.07. The molecule has 9 nitrogen and oxygen atoms in total. The fraction of sp³-hybridized carbons (Fsp3) is 0.0870. The van der Waals surface area contributed by atoms with E-state index in [1.165, 1.54) is 12.1 Å². The van der Waals surface area contributed by atoms with Gasteiger partial charge in [-0.3, -0.25) is 14.9 Å². The fourth-order valence-corrected chi connectivity index (χ4v) is 3.28. The van der Waals surface area contributed by atoms with Crippen molar-refractivity contribution in [3.05, 3.63) is 94.5 Å². The Morgan fingerprint density at radius 2 is 1.78 bits per heavy atom. The molecule has 1 heterocycles. The van der Waals surface area contributed by atoms with Crippen molar-refractivity contribution in [2.45, 2.75) is 6.54 Å². The first kappa shape index (κ1) is 20.7.